The molecule has 0 radical (unpaired) electrons. The number of hydrogen-bond acceptors (Lipinski definition) is 5. The Kier molecular flexibility index (Phi) is 7.44. The lowest BCUT2D eigenvalue weighted by atomic mass is 10.2. The molecule has 3 aromatic rings. The second kappa shape index (κ2) is 9.93. The number of carbonyl (C=O) groups is 1. The van der Waals surface area contributed by atoms with Crippen molar-refractivity contribution in [2.24, 2.45) is 0 Å². The fraction of sp³-hybridized carbons (Fsp3) is 0.417. The summed E-state index contributed by atoms with van der Waals surface area (Å²) in [4.78, 5) is 21.4. The van der Waals surface area contributed by atoms with E-state index >= 15 is 0 Å². The van der Waals surface area contributed by atoms with E-state index in [1.165, 1.54) is 18.4 Å². The highest BCUT2D eigenvalue weighted by molar-refractivity contribution is 7.89. The molecule has 3 rings (SSSR count). The Morgan fingerprint density at radius 1 is 1.00 bits per heavy atom. The van der Waals surface area contributed by atoms with E-state index in [0.717, 1.165) is 22.6 Å². The maximum absolute atomic E-state index is 12.8. The number of nitrogens with zero attached hydrogens (tertiary/aromatic N) is 5. The minimum absolute atomic E-state index is 0.0391. The van der Waals surface area contributed by atoms with E-state index in [4.69, 9.17) is 0 Å². The van der Waals surface area contributed by atoms with E-state index < -0.39 is 10.0 Å². The first kappa shape index (κ1) is 24.7. The topological polar surface area (TPSA) is 78.8 Å². The van der Waals surface area contributed by atoms with Gasteiger partial charge in [-0.1, -0.05) is 12.1 Å². The monoisotopic (exact) mass is 471 g/mol. The molecule has 178 valence electrons. The minimum Gasteiger partial charge on any atom is -0.378 e. The SMILES string of the molecule is CCn1c(CCC(=O)N(C)Cc2ccc(N(C)C)cc2)nc2cc(S(=O)(=O)N(C)C)ccc21. The van der Waals surface area contributed by atoms with Gasteiger partial charge < -0.3 is 14.4 Å². The van der Waals surface area contributed by atoms with Crippen LogP contribution in [0.5, 0.6) is 0 Å². The molecule has 0 bridgehead atoms. The van der Waals surface area contributed by atoms with Crippen molar-refractivity contribution in [2.45, 2.75) is 37.8 Å². The average molecular weight is 472 g/mol. The van der Waals surface area contributed by atoms with E-state index in [-0.39, 0.29) is 10.8 Å². The van der Waals surface area contributed by atoms with Gasteiger partial charge in [0, 0.05) is 66.9 Å². The molecule has 33 heavy (non-hydrogen) atoms. The van der Waals surface area contributed by atoms with Crippen LogP contribution < -0.4 is 4.90 Å². The lowest BCUT2D eigenvalue weighted by Crippen LogP contribution is -2.26. The smallest absolute Gasteiger partial charge is 0.242 e. The number of imidazole rings is 1. The number of fused-ring (bicyclic) bond motifs is 1. The van der Waals surface area contributed by atoms with Gasteiger partial charge in [-0.3, -0.25) is 4.79 Å². The quantitative estimate of drug-likeness (QED) is 0.479. The van der Waals surface area contributed by atoms with Crippen molar-refractivity contribution >= 4 is 32.7 Å². The molecule has 0 N–H and O–H groups in total. The maximum Gasteiger partial charge on any atom is 0.242 e. The van der Waals surface area contributed by atoms with E-state index in [2.05, 4.69) is 4.98 Å². The Morgan fingerprint density at radius 2 is 1.67 bits per heavy atom. The van der Waals surface area contributed by atoms with E-state index in [9.17, 15) is 13.2 Å². The van der Waals surface area contributed by atoms with Gasteiger partial charge in [0.1, 0.15) is 5.82 Å². The minimum atomic E-state index is -3.53. The van der Waals surface area contributed by atoms with Crippen LogP contribution in [-0.2, 0) is 34.3 Å². The Hall–Kier alpha value is -2.91. The lowest BCUT2D eigenvalue weighted by molar-refractivity contribution is -0.130. The van der Waals surface area contributed by atoms with Crippen LogP contribution in [0.2, 0.25) is 0 Å². The summed E-state index contributed by atoms with van der Waals surface area (Å²) < 4.78 is 28.2. The first-order chi connectivity index (χ1) is 15.5. The molecule has 1 amide bonds. The number of aryl methyl sites for hydroxylation is 2. The molecule has 2 aromatic carbocycles. The normalized spacial score (nSPS) is 11.8. The van der Waals surface area contributed by atoms with Crippen molar-refractivity contribution in [3.8, 4) is 0 Å². The number of anilines is 1. The summed E-state index contributed by atoms with van der Waals surface area (Å²) in [7, 11) is 5.29. The van der Waals surface area contributed by atoms with Gasteiger partial charge in [0.2, 0.25) is 15.9 Å². The van der Waals surface area contributed by atoms with Crippen LogP contribution in [0.3, 0.4) is 0 Å². The summed E-state index contributed by atoms with van der Waals surface area (Å²) >= 11 is 0. The first-order valence-electron chi connectivity index (χ1n) is 11.0. The molecule has 0 aliphatic carbocycles. The number of hydrogen-bond donors (Lipinski definition) is 0. The zero-order chi connectivity index (χ0) is 24.3. The highest BCUT2D eigenvalue weighted by Gasteiger charge is 2.20. The number of sulfonamides is 1. The molecular weight excluding hydrogens is 438 g/mol. The zero-order valence-electron chi connectivity index (χ0n) is 20.2. The fourth-order valence-corrected chi connectivity index (χ4v) is 4.67. The van der Waals surface area contributed by atoms with Crippen LogP contribution in [0, 0.1) is 0 Å². The van der Waals surface area contributed by atoms with Gasteiger partial charge in [-0.05, 0) is 42.8 Å². The summed E-state index contributed by atoms with van der Waals surface area (Å²) in [6.07, 6.45) is 0.819. The Balaban J connectivity index is 1.72. The second-order valence-corrected chi connectivity index (χ2v) is 10.7. The molecule has 0 atom stereocenters. The van der Waals surface area contributed by atoms with Crippen molar-refractivity contribution in [1.82, 2.24) is 18.8 Å². The number of aromatic nitrogens is 2. The van der Waals surface area contributed by atoms with Gasteiger partial charge >= 0.3 is 0 Å². The molecule has 0 saturated carbocycles. The summed E-state index contributed by atoms with van der Waals surface area (Å²) in [6, 6.07) is 13.2. The van der Waals surface area contributed by atoms with Crippen LogP contribution in [0.1, 0.15) is 24.7 Å². The highest BCUT2D eigenvalue weighted by atomic mass is 32.2. The molecule has 9 heteroatoms. The molecule has 0 unspecified atom stereocenters. The van der Waals surface area contributed by atoms with Gasteiger partial charge in [0.25, 0.3) is 0 Å². The molecule has 0 fully saturated rings. The van der Waals surface area contributed by atoms with E-state index in [0.29, 0.717) is 31.4 Å². The van der Waals surface area contributed by atoms with Crippen LogP contribution in [0.4, 0.5) is 5.69 Å². The molecule has 1 aromatic heterocycles. The van der Waals surface area contributed by atoms with Crippen LogP contribution >= 0.6 is 0 Å². The number of rotatable bonds is 9. The molecule has 0 spiro atoms. The van der Waals surface area contributed by atoms with Crippen molar-refractivity contribution < 1.29 is 13.2 Å². The third-order valence-electron chi connectivity index (χ3n) is 5.75. The lowest BCUT2D eigenvalue weighted by Gasteiger charge is -2.18. The summed E-state index contributed by atoms with van der Waals surface area (Å²) in [6.45, 7) is 3.25. The highest BCUT2D eigenvalue weighted by Crippen LogP contribution is 2.23. The summed E-state index contributed by atoms with van der Waals surface area (Å²) in [5.74, 6) is 0.821. The second-order valence-electron chi connectivity index (χ2n) is 8.52. The van der Waals surface area contributed by atoms with E-state index in [1.54, 1.807) is 23.1 Å². The summed E-state index contributed by atoms with van der Waals surface area (Å²) in [5.41, 5.74) is 3.68. The van der Waals surface area contributed by atoms with Gasteiger partial charge in [-0.2, -0.15) is 0 Å². The third kappa shape index (κ3) is 5.36. The van der Waals surface area contributed by atoms with Gasteiger partial charge in [-0.15, -0.1) is 0 Å². The van der Waals surface area contributed by atoms with Gasteiger partial charge in [0.05, 0.1) is 15.9 Å². The Labute approximate surface area is 196 Å². The van der Waals surface area contributed by atoms with Crippen LogP contribution in [-0.4, -0.2) is 68.3 Å². The Bertz CT molecular complexity index is 1230. The first-order valence-corrected chi connectivity index (χ1v) is 12.4. The standard InChI is InChI=1S/C24H33N5O3S/c1-7-29-22-13-12-20(33(31,32)27(4)5)16-21(22)25-23(29)14-15-24(30)28(6)17-18-8-10-19(11-9-18)26(2)3/h8-13,16H,7,14-15,17H2,1-6H3. The molecule has 0 aliphatic heterocycles. The number of amides is 1. The third-order valence-corrected chi connectivity index (χ3v) is 7.57. The maximum atomic E-state index is 12.8. The molecule has 8 nitrogen and oxygen atoms in total. The molecule has 0 aliphatic rings. The predicted molar refractivity (Wildman–Crippen MR) is 132 cm³/mol. The largest absolute Gasteiger partial charge is 0.378 e. The van der Waals surface area contributed by atoms with Crippen molar-refractivity contribution in [3.05, 3.63) is 53.9 Å². The van der Waals surface area contributed by atoms with Gasteiger partial charge in [-0.25, -0.2) is 17.7 Å². The van der Waals surface area contributed by atoms with E-state index in [1.807, 2.05) is 61.8 Å². The van der Waals surface area contributed by atoms with Crippen LogP contribution in [0.15, 0.2) is 47.4 Å². The molecule has 1 heterocycles. The number of carbonyl (C=O) groups excluding carboxylic acids is 1. The van der Waals surface area contributed by atoms with Crippen molar-refractivity contribution in [2.75, 3.05) is 40.1 Å². The van der Waals surface area contributed by atoms with Gasteiger partial charge in [0.15, 0.2) is 0 Å². The van der Waals surface area contributed by atoms with Crippen molar-refractivity contribution in [3.63, 3.8) is 0 Å². The molecular formula is C24H33N5O3S. The predicted octanol–water partition coefficient (Wildman–Crippen LogP) is 2.96. The molecule has 0 saturated heterocycles. The Morgan fingerprint density at radius 3 is 2.24 bits per heavy atom. The fourth-order valence-electron chi connectivity index (χ4n) is 3.75. The van der Waals surface area contributed by atoms with Crippen molar-refractivity contribution in [1.29, 1.82) is 0 Å². The average Bonchev–Trinajstić information content (AvgIpc) is 3.14. The zero-order valence-corrected chi connectivity index (χ0v) is 21.1. The summed E-state index contributed by atoms with van der Waals surface area (Å²) in [5, 5.41) is 0. The van der Waals surface area contributed by atoms with Crippen LogP contribution in [0.25, 0.3) is 11.0 Å². The number of benzene rings is 2.